The minimum Gasteiger partial charge on any atom is -0.356 e. The molecule has 0 unspecified atom stereocenters. The Morgan fingerprint density at radius 1 is 0.609 bits per heavy atom. The second-order valence-corrected chi connectivity index (χ2v) is 17.9. The third kappa shape index (κ3) is 12.1. The smallest absolute Gasteiger partial charge is 0.246 e. The average molecular weight is 884 g/mol. The van der Waals surface area contributed by atoms with Gasteiger partial charge in [0.1, 0.15) is 24.2 Å². The molecule has 0 bridgehead atoms. The summed E-state index contributed by atoms with van der Waals surface area (Å²) in [4.78, 5) is 98.5. The fourth-order valence-electron chi connectivity index (χ4n) is 9.62. The Bertz CT molecular complexity index is 2000. The topological polar surface area (TPSA) is 210 Å². The molecule has 0 aromatic heterocycles. The number of likely N-dealkylation sites (N-methyl/N-ethyl adjacent to an activating group) is 2. The number of benzene rings is 2. The van der Waals surface area contributed by atoms with Gasteiger partial charge in [-0.1, -0.05) is 48.5 Å². The molecule has 2 fully saturated rings. The molecule has 2 aromatic rings. The molecule has 348 valence electrons. The molecule has 0 spiro atoms. The van der Waals surface area contributed by atoms with E-state index in [1.165, 1.54) is 16.0 Å². The zero-order valence-corrected chi connectivity index (χ0v) is 38.0. The van der Waals surface area contributed by atoms with E-state index < -0.39 is 54.0 Å². The Morgan fingerprint density at radius 2 is 1.08 bits per heavy atom. The van der Waals surface area contributed by atoms with Crippen LogP contribution in [0.2, 0.25) is 0 Å². The molecule has 0 radical (unpaired) electrons. The SMILES string of the molecule is CN[C@@H](C)C(=O)N[C@@H](CCCCNC(=O)C[C@H](NC(=O)[C@H](C)NC)C(=O)N1CCC[C@H]1C(=O)N[C@@H]1CCCc2ccccc21)C(=O)N1CCC[C@H]1C(=O)N[C@@H]1CCCc2ccccc21. The van der Waals surface area contributed by atoms with Gasteiger partial charge in [0, 0.05) is 19.6 Å². The number of hydrogen-bond acceptors (Lipinski definition) is 9. The summed E-state index contributed by atoms with van der Waals surface area (Å²) in [5, 5.41) is 20.7. The summed E-state index contributed by atoms with van der Waals surface area (Å²) in [5.41, 5.74) is 4.65. The van der Waals surface area contributed by atoms with E-state index in [1.54, 1.807) is 32.8 Å². The molecular formula is C48H69N9O7. The van der Waals surface area contributed by atoms with Gasteiger partial charge in [0.25, 0.3) is 0 Å². The first-order chi connectivity index (χ1) is 30.9. The molecule has 2 aliphatic heterocycles. The third-order valence-corrected chi connectivity index (χ3v) is 13.6. The van der Waals surface area contributed by atoms with E-state index in [2.05, 4.69) is 55.4 Å². The fraction of sp³-hybridized carbons (Fsp3) is 0.604. The highest BCUT2D eigenvalue weighted by atomic mass is 16.2. The first-order valence-corrected chi connectivity index (χ1v) is 23.5. The number of unbranched alkanes of at least 4 members (excludes halogenated alkanes) is 1. The highest BCUT2D eigenvalue weighted by molar-refractivity contribution is 5.96. The van der Waals surface area contributed by atoms with Crippen LogP contribution >= 0.6 is 0 Å². The van der Waals surface area contributed by atoms with Gasteiger partial charge in [-0.3, -0.25) is 33.6 Å². The van der Waals surface area contributed by atoms with Gasteiger partial charge < -0.3 is 47.0 Å². The molecule has 2 saturated heterocycles. The van der Waals surface area contributed by atoms with Crippen LogP contribution in [0.4, 0.5) is 0 Å². The number of hydrogen-bond donors (Lipinski definition) is 7. The Hall–Kier alpha value is -5.35. The lowest BCUT2D eigenvalue weighted by Gasteiger charge is -2.32. The number of rotatable bonds is 19. The van der Waals surface area contributed by atoms with E-state index in [0.717, 1.165) is 49.7 Å². The van der Waals surface area contributed by atoms with Crippen LogP contribution < -0.4 is 37.2 Å². The summed E-state index contributed by atoms with van der Waals surface area (Å²) in [5.74, 6) is -2.47. The zero-order chi connectivity index (χ0) is 45.8. The summed E-state index contributed by atoms with van der Waals surface area (Å²) < 4.78 is 0. The lowest BCUT2D eigenvalue weighted by Crippen LogP contribution is -2.56. The number of amides is 7. The van der Waals surface area contributed by atoms with Crippen LogP contribution in [0.25, 0.3) is 0 Å². The van der Waals surface area contributed by atoms with Gasteiger partial charge in [-0.2, -0.15) is 0 Å². The predicted molar refractivity (Wildman–Crippen MR) is 242 cm³/mol. The molecular weight excluding hydrogens is 815 g/mol. The van der Waals surface area contributed by atoms with Crippen molar-refractivity contribution in [2.45, 2.75) is 152 Å². The molecule has 2 heterocycles. The van der Waals surface area contributed by atoms with E-state index in [0.29, 0.717) is 51.6 Å². The lowest BCUT2D eigenvalue weighted by molar-refractivity contribution is -0.143. The maximum absolute atomic E-state index is 14.2. The van der Waals surface area contributed by atoms with E-state index in [9.17, 15) is 33.6 Å². The summed E-state index contributed by atoms with van der Waals surface area (Å²) in [7, 11) is 3.29. The summed E-state index contributed by atoms with van der Waals surface area (Å²) in [6, 6.07) is 11.3. The highest BCUT2D eigenvalue weighted by Crippen LogP contribution is 2.32. The fourth-order valence-corrected chi connectivity index (χ4v) is 9.62. The predicted octanol–water partition coefficient (Wildman–Crippen LogP) is 2.22. The molecule has 6 rings (SSSR count). The Kier molecular flexibility index (Phi) is 17.3. The van der Waals surface area contributed by atoms with Crippen LogP contribution in [0.5, 0.6) is 0 Å². The number of aryl methyl sites for hydroxylation is 2. The quantitative estimate of drug-likeness (QED) is 0.103. The molecule has 7 amide bonds. The molecule has 64 heavy (non-hydrogen) atoms. The molecule has 4 aliphatic rings. The van der Waals surface area contributed by atoms with Gasteiger partial charge in [-0.15, -0.1) is 0 Å². The van der Waals surface area contributed by atoms with Crippen molar-refractivity contribution in [2.24, 2.45) is 0 Å². The normalized spacial score (nSPS) is 22.2. The molecule has 8 atom stereocenters. The van der Waals surface area contributed by atoms with Gasteiger partial charge >= 0.3 is 0 Å². The van der Waals surface area contributed by atoms with Crippen LogP contribution in [-0.2, 0) is 46.4 Å². The Morgan fingerprint density at radius 3 is 1.58 bits per heavy atom. The van der Waals surface area contributed by atoms with Crippen LogP contribution in [0.1, 0.15) is 125 Å². The second kappa shape index (κ2) is 23.0. The number of nitrogens with one attached hydrogen (secondary N) is 7. The maximum atomic E-state index is 14.2. The van der Waals surface area contributed by atoms with Gasteiger partial charge in [0.15, 0.2) is 0 Å². The van der Waals surface area contributed by atoms with Crippen molar-refractivity contribution in [3.63, 3.8) is 0 Å². The van der Waals surface area contributed by atoms with Crippen molar-refractivity contribution in [1.82, 2.24) is 47.0 Å². The van der Waals surface area contributed by atoms with Crippen molar-refractivity contribution >= 4 is 41.4 Å². The number of likely N-dealkylation sites (tertiary alicyclic amines) is 2. The van der Waals surface area contributed by atoms with Crippen molar-refractivity contribution in [3.05, 3.63) is 70.8 Å². The second-order valence-electron chi connectivity index (χ2n) is 17.9. The maximum Gasteiger partial charge on any atom is 0.246 e. The number of carbonyl (C=O) groups excluding carboxylic acids is 7. The molecule has 0 saturated carbocycles. The van der Waals surface area contributed by atoms with Crippen molar-refractivity contribution in [1.29, 1.82) is 0 Å². The van der Waals surface area contributed by atoms with Crippen LogP contribution in [-0.4, -0.2) is 121 Å². The van der Waals surface area contributed by atoms with Gasteiger partial charge in [-0.05, 0) is 134 Å². The van der Waals surface area contributed by atoms with Crippen molar-refractivity contribution < 1.29 is 33.6 Å². The zero-order valence-electron chi connectivity index (χ0n) is 38.0. The van der Waals surface area contributed by atoms with Crippen LogP contribution in [0.3, 0.4) is 0 Å². The highest BCUT2D eigenvalue weighted by Gasteiger charge is 2.41. The summed E-state index contributed by atoms with van der Waals surface area (Å²) >= 11 is 0. The Balaban J connectivity index is 1.04. The summed E-state index contributed by atoms with van der Waals surface area (Å²) in [6.07, 6.45) is 8.64. The monoisotopic (exact) mass is 884 g/mol. The molecule has 2 aliphatic carbocycles. The van der Waals surface area contributed by atoms with Gasteiger partial charge in [0.05, 0.1) is 30.6 Å². The number of carbonyl (C=O) groups is 7. The van der Waals surface area contributed by atoms with E-state index in [-0.39, 0.29) is 55.1 Å². The minimum atomic E-state index is -1.20. The van der Waals surface area contributed by atoms with E-state index >= 15 is 0 Å². The lowest BCUT2D eigenvalue weighted by atomic mass is 9.87. The Labute approximate surface area is 377 Å². The van der Waals surface area contributed by atoms with Gasteiger partial charge in [0.2, 0.25) is 41.4 Å². The average Bonchev–Trinajstić information content (AvgIpc) is 4.02. The number of nitrogens with zero attached hydrogens (tertiary/aromatic N) is 2. The molecule has 16 heteroatoms. The van der Waals surface area contributed by atoms with Crippen LogP contribution in [0.15, 0.2) is 48.5 Å². The number of fused-ring (bicyclic) bond motifs is 2. The molecule has 7 N–H and O–H groups in total. The van der Waals surface area contributed by atoms with Crippen molar-refractivity contribution in [2.75, 3.05) is 33.7 Å². The van der Waals surface area contributed by atoms with Crippen LogP contribution in [0, 0.1) is 0 Å². The first-order valence-electron chi connectivity index (χ1n) is 23.5. The van der Waals surface area contributed by atoms with Gasteiger partial charge in [-0.25, -0.2) is 0 Å². The third-order valence-electron chi connectivity index (χ3n) is 13.6. The summed E-state index contributed by atoms with van der Waals surface area (Å²) in [6.45, 7) is 4.31. The van der Waals surface area contributed by atoms with E-state index in [1.807, 2.05) is 30.3 Å². The minimum absolute atomic E-state index is 0.118. The van der Waals surface area contributed by atoms with Crippen molar-refractivity contribution in [3.8, 4) is 0 Å². The first kappa shape index (κ1) is 48.1. The molecule has 16 nitrogen and oxygen atoms in total. The van der Waals surface area contributed by atoms with E-state index in [4.69, 9.17) is 0 Å². The standard InChI is InChI=1S/C48H69N9O7/c1-30(49-3)43(59)54-38(47(63)56-27-13-24-40(56)45(61)52-36-22-11-17-32-15-5-7-19-34(32)36)21-9-10-26-51-42(58)29-39(55-44(60)31(2)50-4)48(64)57-28-14-25-41(57)46(62)53-37-23-12-18-33-16-6-8-20-35(33)37/h5-8,15-16,19-20,30-31,36-41,49-50H,9-14,17-18,21-29H2,1-4H3,(H,51,58)(H,52,61)(H,53,62)(H,54,59)(H,55,60)/t30-,31-,36+,37+,38-,39-,40-,41-/m0/s1. The molecule has 2 aromatic carbocycles. The largest absolute Gasteiger partial charge is 0.356 e.